The predicted molar refractivity (Wildman–Crippen MR) is 59.0 cm³/mol. The Hall–Kier alpha value is -1.06. The maximum atomic E-state index is 11.2. The third-order valence-corrected chi connectivity index (χ3v) is 3.39. The van der Waals surface area contributed by atoms with Gasteiger partial charge in [-0.15, -0.1) is 0 Å². The molecule has 0 spiro atoms. The summed E-state index contributed by atoms with van der Waals surface area (Å²) in [4.78, 5) is 22.4. The van der Waals surface area contributed by atoms with Crippen molar-refractivity contribution in [2.75, 3.05) is 0 Å². The zero-order chi connectivity index (χ0) is 12.2. The van der Waals surface area contributed by atoms with E-state index >= 15 is 0 Å². The van der Waals surface area contributed by atoms with Gasteiger partial charge in [-0.05, 0) is 32.1 Å². The second-order valence-corrected chi connectivity index (χ2v) is 4.52. The topological polar surface area (TPSA) is 63.6 Å². The predicted octanol–water partition coefficient (Wildman–Crippen LogP) is 2.36. The minimum Gasteiger partial charge on any atom is -0.481 e. The van der Waals surface area contributed by atoms with E-state index in [0.29, 0.717) is 19.3 Å². The molecule has 1 unspecified atom stereocenters. The number of rotatable bonds is 4. The van der Waals surface area contributed by atoms with Gasteiger partial charge in [0.1, 0.15) is 5.60 Å². The van der Waals surface area contributed by atoms with E-state index in [2.05, 4.69) is 0 Å². The van der Waals surface area contributed by atoms with Crippen LogP contribution in [0.25, 0.3) is 0 Å². The summed E-state index contributed by atoms with van der Waals surface area (Å²) in [5.41, 5.74) is -0.759. The minimum atomic E-state index is -0.856. The van der Waals surface area contributed by atoms with Crippen LogP contribution in [0.1, 0.15) is 52.4 Å². The molecule has 0 saturated heterocycles. The van der Waals surface area contributed by atoms with Crippen LogP contribution in [0.5, 0.6) is 0 Å². The van der Waals surface area contributed by atoms with Crippen LogP contribution in [-0.2, 0) is 14.3 Å². The Labute approximate surface area is 96.0 Å². The summed E-state index contributed by atoms with van der Waals surface area (Å²) >= 11 is 0. The number of carboxylic acids is 1. The first-order valence-electron chi connectivity index (χ1n) is 5.94. The van der Waals surface area contributed by atoms with Gasteiger partial charge in [0.15, 0.2) is 0 Å². The van der Waals surface area contributed by atoms with Gasteiger partial charge in [0.25, 0.3) is 0 Å². The lowest BCUT2D eigenvalue weighted by molar-refractivity contribution is -0.177. The van der Waals surface area contributed by atoms with Gasteiger partial charge in [0.2, 0.25) is 0 Å². The monoisotopic (exact) mass is 228 g/mol. The Morgan fingerprint density at radius 1 is 1.31 bits per heavy atom. The number of hydrogen-bond acceptors (Lipinski definition) is 3. The Bertz CT molecular complexity index is 266. The van der Waals surface area contributed by atoms with Crippen molar-refractivity contribution in [1.29, 1.82) is 0 Å². The van der Waals surface area contributed by atoms with E-state index < -0.39 is 17.5 Å². The fourth-order valence-corrected chi connectivity index (χ4v) is 2.73. The SMILES string of the molecule is CCC(C(=O)O)C1(OC(C)=O)CCCCC1. The van der Waals surface area contributed by atoms with Crippen molar-refractivity contribution in [2.45, 2.75) is 58.0 Å². The first-order chi connectivity index (χ1) is 7.52. The van der Waals surface area contributed by atoms with E-state index in [1.165, 1.54) is 6.92 Å². The zero-order valence-electron chi connectivity index (χ0n) is 9.99. The van der Waals surface area contributed by atoms with Crippen molar-refractivity contribution in [3.63, 3.8) is 0 Å². The minimum absolute atomic E-state index is 0.374. The Balaban J connectivity index is 2.91. The summed E-state index contributed by atoms with van der Waals surface area (Å²) in [6, 6.07) is 0. The highest BCUT2D eigenvalue weighted by molar-refractivity contribution is 5.73. The van der Waals surface area contributed by atoms with Gasteiger partial charge < -0.3 is 9.84 Å². The number of carboxylic acid groups (broad SMARTS) is 1. The summed E-state index contributed by atoms with van der Waals surface area (Å²) in [6.45, 7) is 3.18. The van der Waals surface area contributed by atoms with E-state index in [0.717, 1.165) is 19.3 Å². The van der Waals surface area contributed by atoms with E-state index in [-0.39, 0.29) is 5.97 Å². The molecule has 1 aliphatic carbocycles. The molecule has 1 fully saturated rings. The molecule has 4 nitrogen and oxygen atoms in total. The van der Waals surface area contributed by atoms with Crippen molar-refractivity contribution in [2.24, 2.45) is 5.92 Å². The van der Waals surface area contributed by atoms with Crippen LogP contribution in [-0.4, -0.2) is 22.6 Å². The van der Waals surface area contributed by atoms with E-state index in [9.17, 15) is 14.7 Å². The number of carbonyl (C=O) groups excluding carboxylic acids is 1. The molecule has 92 valence electrons. The van der Waals surface area contributed by atoms with Gasteiger partial charge >= 0.3 is 11.9 Å². The van der Waals surface area contributed by atoms with Crippen LogP contribution in [0.3, 0.4) is 0 Å². The van der Waals surface area contributed by atoms with Gasteiger partial charge in [0, 0.05) is 6.92 Å². The maximum absolute atomic E-state index is 11.2. The maximum Gasteiger partial charge on any atom is 0.310 e. The summed E-state index contributed by atoms with van der Waals surface area (Å²) < 4.78 is 5.37. The number of aliphatic carboxylic acids is 1. The molecule has 0 radical (unpaired) electrons. The quantitative estimate of drug-likeness (QED) is 0.750. The first kappa shape index (κ1) is 13.0. The van der Waals surface area contributed by atoms with Gasteiger partial charge in [-0.3, -0.25) is 9.59 Å². The molecule has 0 aliphatic heterocycles. The Morgan fingerprint density at radius 2 is 1.88 bits per heavy atom. The fourth-order valence-electron chi connectivity index (χ4n) is 2.73. The number of hydrogen-bond donors (Lipinski definition) is 1. The van der Waals surface area contributed by atoms with E-state index in [1.54, 1.807) is 0 Å². The largest absolute Gasteiger partial charge is 0.481 e. The zero-order valence-corrected chi connectivity index (χ0v) is 9.99. The molecule has 4 heteroatoms. The lowest BCUT2D eigenvalue weighted by atomic mass is 9.74. The first-order valence-corrected chi connectivity index (χ1v) is 5.94. The average molecular weight is 228 g/mol. The van der Waals surface area contributed by atoms with Gasteiger partial charge in [-0.2, -0.15) is 0 Å². The highest BCUT2D eigenvalue weighted by Gasteiger charge is 2.45. The van der Waals surface area contributed by atoms with Crippen LogP contribution in [0.15, 0.2) is 0 Å². The second-order valence-electron chi connectivity index (χ2n) is 4.52. The summed E-state index contributed by atoms with van der Waals surface area (Å²) in [6.07, 6.45) is 4.84. The van der Waals surface area contributed by atoms with Gasteiger partial charge in [0.05, 0.1) is 5.92 Å². The lowest BCUT2D eigenvalue weighted by Crippen LogP contribution is -2.47. The molecule has 1 saturated carbocycles. The van der Waals surface area contributed by atoms with Crippen molar-refractivity contribution in [3.8, 4) is 0 Å². The van der Waals surface area contributed by atoms with E-state index in [4.69, 9.17) is 4.74 Å². The lowest BCUT2D eigenvalue weighted by Gasteiger charge is -2.40. The third kappa shape index (κ3) is 2.74. The molecule has 0 aromatic carbocycles. The van der Waals surface area contributed by atoms with Gasteiger partial charge in [-0.25, -0.2) is 0 Å². The molecule has 16 heavy (non-hydrogen) atoms. The van der Waals surface area contributed by atoms with Gasteiger partial charge in [-0.1, -0.05) is 13.3 Å². The third-order valence-electron chi connectivity index (χ3n) is 3.39. The second kappa shape index (κ2) is 5.32. The molecule has 0 aromatic heterocycles. The van der Waals surface area contributed by atoms with Crippen LogP contribution in [0, 0.1) is 5.92 Å². The van der Waals surface area contributed by atoms with Crippen LogP contribution in [0.2, 0.25) is 0 Å². The average Bonchev–Trinajstić information content (AvgIpc) is 2.17. The smallest absolute Gasteiger partial charge is 0.310 e. The molecule has 0 heterocycles. The summed E-state index contributed by atoms with van der Waals surface area (Å²) in [5.74, 6) is -1.80. The standard InChI is InChI=1S/C12H20O4/c1-3-10(11(14)15)12(16-9(2)13)7-5-4-6-8-12/h10H,3-8H2,1-2H3,(H,14,15). The molecular weight excluding hydrogens is 208 g/mol. The van der Waals surface area contributed by atoms with Crippen molar-refractivity contribution < 1.29 is 19.4 Å². The van der Waals surface area contributed by atoms with Crippen LogP contribution < -0.4 is 0 Å². The molecule has 1 atom stereocenters. The van der Waals surface area contributed by atoms with Crippen LogP contribution in [0.4, 0.5) is 0 Å². The molecule has 1 N–H and O–H groups in total. The molecule has 0 bridgehead atoms. The fraction of sp³-hybridized carbons (Fsp3) is 0.833. The van der Waals surface area contributed by atoms with Crippen molar-refractivity contribution in [3.05, 3.63) is 0 Å². The summed E-state index contributed by atoms with van der Waals surface area (Å²) in [7, 11) is 0. The van der Waals surface area contributed by atoms with Crippen molar-refractivity contribution in [1.82, 2.24) is 0 Å². The van der Waals surface area contributed by atoms with Crippen LogP contribution >= 0.6 is 0 Å². The molecular formula is C12H20O4. The molecule has 1 rings (SSSR count). The normalized spacial score (nSPS) is 21.1. The van der Waals surface area contributed by atoms with Crippen molar-refractivity contribution >= 4 is 11.9 Å². The molecule has 0 aromatic rings. The number of ether oxygens (including phenoxy) is 1. The molecule has 1 aliphatic rings. The Kier molecular flexibility index (Phi) is 4.33. The number of esters is 1. The number of carbonyl (C=O) groups is 2. The molecule has 0 amide bonds. The Morgan fingerprint density at radius 3 is 2.25 bits per heavy atom. The van der Waals surface area contributed by atoms with E-state index in [1.807, 2.05) is 6.92 Å². The highest BCUT2D eigenvalue weighted by atomic mass is 16.6. The highest BCUT2D eigenvalue weighted by Crippen LogP contribution is 2.39. The summed E-state index contributed by atoms with van der Waals surface area (Å²) in [5, 5.41) is 9.21.